The van der Waals surface area contributed by atoms with Crippen LogP contribution in [0, 0.1) is 18.6 Å². The molecule has 2 nitrogen and oxygen atoms in total. The zero-order chi connectivity index (χ0) is 20.1. The monoisotopic (exact) mass is 368 g/mol. The average molecular weight is 369 g/mol. The number of H-pyrrole nitrogens is 1. The Kier molecular flexibility index (Phi) is 13.0. The van der Waals surface area contributed by atoms with Crippen LogP contribution in [-0.2, 0) is 0 Å². The normalized spacial score (nSPS) is 15.8. The third-order valence-electron chi connectivity index (χ3n) is 4.34. The molecule has 1 unspecified atom stereocenters. The number of aromatic amines is 1. The number of nitrogens with one attached hydrogen (secondary N) is 2. The van der Waals surface area contributed by atoms with Gasteiger partial charge in [0.05, 0.1) is 0 Å². The Labute approximate surface area is 158 Å². The summed E-state index contributed by atoms with van der Waals surface area (Å²) in [6, 6.07) is 2.54. The van der Waals surface area contributed by atoms with Gasteiger partial charge in [-0.25, -0.2) is 8.78 Å². The second-order valence-corrected chi connectivity index (χ2v) is 6.02. The van der Waals surface area contributed by atoms with Crippen molar-refractivity contribution >= 4 is 10.9 Å². The number of unbranched alkanes of at least 4 members (excludes halogenated alkanes) is 1. The van der Waals surface area contributed by atoms with Crippen molar-refractivity contribution in [2.45, 2.75) is 80.1 Å². The third-order valence-corrected chi connectivity index (χ3v) is 4.34. The summed E-state index contributed by atoms with van der Waals surface area (Å²) in [6.07, 6.45) is 4.90. The first kappa shape index (κ1) is 24.6. The highest BCUT2D eigenvalue weighted by Crippen LogP contribution is 2.31. The summed E-state index contributed by atoms with van der Waals surface area (Å²) in [5, 5.41) is 4.15. The second-order valence-electron chi connectivity index (χ2n) is 6.02. The highest BCUT2D eigenvalue weighted by atomic mass is 19.2. The SMILES string of the molecule is CC.CC.CCCC.Cc1c(C2CCCNC2)[nH]c2cc(F)c(F)cc12. The fraction of sp³-hybridized carbons (Fsp3) is 0.636. The zero-order valence-electron chi connectivity index (χ0n) is 17.7. The number of aromatic nitrogens is 1. The molecule has 1 aliphatic rings. The largest absolute Gasteiger partial charge is 0.358 e. The van der Waals surface area contributed by atoms with E-state index in [0.29, 0.717) is 11.4 Å². The maximum absolute atomic E-state index is 13.3. The highest BCUT2D eigenvalue weighted by molar-refractivity contribution is 5.84. The molecule has 4 heteroatoms. The number of aryl methyl sites for hydroxylation is 1. The van der Waals surface area contributed by atoms with E-state index in [-0.39, 0.29) is 0 Å². The van der Waals surface area contributed by atoms with Crippen LogP contribution in [0.25, 0.3) is 10.9 Å². The minimum Gasteiger partial charge on any atom is -0.358 e. The van der Waals surface area contributed by atoms with Gasteiger partial charge < -0.3 is 10.3 Å². The van der Waals surface area contributed by atoms with Gasteiger partial charge >= 0.3 is 0 Å². The molecule has 3 rings (SSSR count). The number of rotatable bonds is 2. The van der Waals surface area contributed by atoms with E-state index in [1.807, 2.05) is 34.6 Å². The molecule has 0 aliphatic carbocycles. The Morgan fingerprint density at radius 2 is 1.58 bits per heavy atom. The van der Waals surface area contributed by atoms with Crippen LogP contribution in [0.3, 0.4) is 0 Å². The van der Waals surface area contributed by atoms with Gasteiger partial charge in [0.2, 0.25) is 0 Å². The summed E-state index contributed by atoms with van der Waals surface area (Å²) < 4.78 is 26.5. The molecule has 1 aromatic carbocycles. The Morgan fingerprint density at radius 1 is 1.00 bits per heavy atom. The van der Waals surface area contributed by atoms with Gasteiger partial charge in [-0.1, -0.05) is 54.4 Å². The summed E-state index contributed by atoms with van der Waals surface area (Å²) in [7, 11) is 0. The average Bonchev–Trinajstić information content (AvgIpc) is 3.02. The van der Waals surface area contributed by atoms with Crippen LogP contribution in [0.4, 0.5) is 8.78 Å². The summed E-state index contributed by atoms with van der Waals surface area (Å²) in [4.78, 5) is 3.25. The smallest absolute Gasteiger partial charge is 0.160 e. The van der Waals surface area contributed by atoms with Crippen LogP contribution in [0.5, 0.6) is 0 Å². The summed E-state index contributed by atoms with van der Waals surface area (Å²) in [5.41, 5.74) is 2.84. The molecule has 1 aliphatic heterocycles. The number of hydrogen-bond donors (Lipinski definition) is 2. The molecule has 0 bridgehead atoms. The van der Waals surface area contributed by atoms with Crippen LogP contribution in [0.15, 0.2) is 12.1 Å². The van der Waals surface area contributed by atoms with Gasteiger partial charge in [-0.3, -0.25) is 0 Å². The Bertz CT molecular complexity index is 612. The van der Waals surface area contributed by atoms with Crippen LogP contribution >= 0.6 is 0 Å². The Morgan fingerprint density at radius 3 is 2.08 bits per heavy atom. The number of halogens is 2. The van der Waals surface area contributed by atoms with E-state index in [9.17, 15) is 8.78 Å². The van der Waals surface area contributed by atoms with E-state index < -0.39 is 11.6 Å². The first-order valence-electron chi connectivity index (χ1n) is 10.3. The van der Waals surface area contributed by atoms with Crippen molar-refractivity contribution in [3.8, 4) is 0 Å². The van der Waals surface area contributed by atoms with Crippen LogP contribution in [-0.4, -0.2) is 18.1 Å². The minimum atomic E-state index is -0.794. The lowest BCUT2D eigenvalue weighted by Crippen LogP contribution is -2.28. The van der Waals surface area contributed by atoms with Crippen LogP contribution in [0.1, 0.15) is 84.4 Å². The van der Waals surface area contributed by atoms with Gasteiger partial charge in [0.15, 0.2) is 11.6 Å². The molecule has 1 saturated heterocycles. The molecule has 2 heterocycles. The topological polar surface area (TPSA) is 27.8 Å². The fourth-order valence-corrected chi connectivity index (χ4v) is 2.85. The quantitative estimate of drug-likeness (QED) is 0.582. The van der Waals surface area contributed by atoms with Gasteiger partial charge in [0.1, 0.15) is 0 Å². The Balaban J connectivity index is 0.000000680. The number of hydrogen-bond acceptors (Lipinski definition) is 1. The van der Waals surface area contributed by atoms with Crippen molar-refractivity contribution in [1.29, 1.82) is 0 Å². The zero-order valence-corrected chi connectivity index (χ0v) is 17.7. The van der Waals surface area contributed by atoms with Crippen LogP contribution < -0.4 is 5.32 Å². The minimum absolute atomic E-state index is 0.414. The van der Waals surface area contributed by atoms with Gasteiger partial charge in [-0.05, 0) is 37.9 Å². The predicted molar refractivity (Wildman–Crippen MR) is 111 cm³/mol. The summed E-state index contributed by atoms with van der Waals surface area (Å²) >= 11 is 0. The van der Waals surface area contributed by atoms with Crippen molar-refractivity contribution in [2.75, 3.05) is 13.1 Å². The van der Waals surface area contributed by atoms with Crippen molar-refractivity contribution < 1.29 is 8.78 Å². The molecular weight excluding hydrogens is 330 g/mol. The molecule has 2 N–H and O–H groups in total. The summed E-state index contributed by atoms with van der Waals surface area (Å²) in [6.45, 7) is 16.3. The molecular formula is C22H38F2N2. The molecule has 26 heavy (non-hydrogen) atoms. The van der Waals surface area contributed by atoms with Gasteiger partial charge in [0, 0.05) is 35.1 Å². The number of piperidine rings is 1. The standard InChI is InChI=1S/C14H16F2N2.C4H10.2C2H6/c1-8-10-5-11(15)12(16)6-13(10)18-14(8)9-3-2-4-17-7-9;1-3-4-2;2*1-2/h5-6,9,17-18H,2-4,7H2,1H3;3-4H2,1-2H3;2*1-2H3. The molecule has 0 spiro atoms. The third kappa shape index (κ3) is 6.71. The summed E-state index contributed by atoms with van der Waals surface area (Å²) in [5.74, 6) is -1.16. The fourth-order valence-electron chi connectivity index (χ4n) is 2.85. The molecule has 0 radical (unpaired) electrons. The lowest BCUT2D eigenvalue weighted by atomic mass is 9.93. The van der Waals surface area contributed by atoms with Gasteiger partial charge in [-0.15, -0.1) is 0 Å². The molecule has 1 aromatic heterocycles. The van der Waals surface area contributed by atoms with E-state index in [1.165, 1.54) is 25.0 Å². The molecule has 0 amide bonds. The van der Waals surface area contributed by atoms with Crippen molar-refractivity contribution in [3.63, 3.8) is 0 Å². The van der Waals surface area contributed by atoms with Gasteiger partial charge in [0.25, 0.3) is 0 Å². The molecule has 1 fully saturated rings. The van der Waals surface area contributed by atoms with Crippen molar-refractivity contribution in [3.05, 3.63) is 35.0 Å². The molecule has 2 aromatic rings. The van der Waals surface area contributed by atoms with E-state index in [0.717, 1.165) is 42.6 Å². The van der Waals surface area contributed by atoms with E-state index in [2.05, 4.69) is 24.1 Å². The van der Waals surface area contributed by atoms with E-state index in [1.54, 1.807) is 0 Å². The lowest BCUT2D eigenvalue weighted by molar-refractivity contribution is 0.455. The van der Waals surface area contributed by atoms with Crippen LogP contribution in [0.2, 0.25) is 0 Å². The van der Waals surface area contributed by atoms with Crippen molar-refractivity contribution in [1.82, 2.24) is 10.3 Å². The van der Waals surface area contributed by atoms with Gasteiger partial charge in [-0.2, -0.15) is 0 Å². The molecule has 150 valence electrons. The lowest BCUT2D eigenvalue weighted by Gasteiger charge is -2.22. The molecule has 1 atom stereocenters. The molecule has 0 saturated carbocycles. The highest BCUT2D eigenvalue weighted by Gasteiger charge is 2.20. The van der Waals surface area contributed by atoms with E-state index in [4.69, 9.17) is 0 Å². The van der Waals surface area contributed by atoms with Crippen molar-refractivity contribution in [2.24, 2.45) is 0 Å². The second kappa shape index (κ2) is 13.7. The van der Waals surface area contributed by atoms with E-state index >= 15 is 0 Å². The predicted octanol–water partition coefficient (Wildman–Crippen LogP) is 7.08. The maximum atomic E-state index is 13.3. The first-order valence-corrected chi connectivity index (χ1v) is 10.3. The maximum Gasteiger partial charge on any atom is 0.160 e. The first-order chi connectivity index (χ1) is 12.6. The number of fused-ring (bicyclic) bond motifs is 1. The Hall–Kier alpha value is -1.42. The number of benzene rings is 1.